The lowest BCUT2D eigenvalue weighted by atomic mass is 9.93. The highest BCUT2D eigenvalue weighted by Gasteiger charge is 2.30. The monoisotopic (exact) mass is 513 g/mol. The lowest BCUT2D eigenvalue weighted by Gasteiger charge is -2.32. The van der Waals surface area contributed by atoms with Gasteiger partial charge in [-0.25, -0.2) is 4.79 Å². The van der Waals surface area contributed by atoms with Gasteiger partial charge in [0.2, 0.25) is 5.75 Å². The molecule has 1 N–H and O–H groups in total. The summed E-state index contributed by atoms with van der Waals surface area (Å²) in [7, 11) is 8.62. The molecule has 2 aromatic rings. The highest BCUT2D eigenvalue weighted by Crippen LogP contribution is 2.50. The van der Waals surface area contributed by atoms with Crippen LogP contribution in [0.4, 0.5) is 4.79 Å². The van der Waals surface area contributed by atoms with Crippen LogP contribution in [-0.4, -0.2) is 90.7 Å². The molecule has 0 aromatic heterocycles. The summed E-state index contributed by atoms with van der Waals surface area (Å²) in [5.41, 5.74) is 3.89. The molecule has 0 bridgehead atoms. The number of aryl methyl sites for hydroxylation is 1. The van der Waals surface area contributed by atoms with E-state index < -0.39 is 6.09 Å². The molecule has 1 saturated heterocycles. The van der Waals surface area contributed by atoms with Gasteiger partial charge in [0.15, 0.2) is 11.5 Å². The van der Waals surface area contributed by atoms with Crippen LogP contribution in [0, 0.1) is 0 Å². The molecule has 1 amide bonds. The molecule has 4 rings (SSSR count). The Hall–Kier alpha value is -3.17. The number of methoxy groups -OCH3 is 4. The van der Waals surface area contributed by atoms with Crippen molar-refractivity contribution in [2.24, 2.45) is 0 Å². The van der Waals surface area contributed by atoms with E-state index in [-0.39, 0.29) is 6.04 Å². The molecule has 0 radical (unpaired) electrons. The first kappa shape index (κ1) is 26.9. The van der Waals surface area contributed by atoms with Crippen LogP contribution < -0.4 is 24.3 Å². The topological polar surface area (TPSA) is 81.7 Å². The van der Waals surface area contributed by atoms with Crippen molar-refractivity contribution in [1.82, 2.24) is 15.1 Å². The van der Waals surface area contributed by atoms with Crippen molar-refractivity contribution >= 4 is 6.09 Å². The minimum Gasteiger partial charge on any atom is -0.497 e. The van der Waals surface area contributed by atoms with E-state index in [1.807, 2.05) is 24.3 Å². The Labute approximate surface area is 219 Å². The predicted molar refractivity (Wildman–Crippen MR) is 142 cm³/mol. The van der Waals surface area contributed by atoms with E-state index in [4.69, 9.17) is 23.7 Å². The molecule has 9 heteroatoms. The van der Waals surface area contributed by atoms with Crippen LogP contribution in [0.2, 0.25) is 0 Å². The standard InChI is InChI=1S/C28H39N3O6/c1-30-12-14-31(15-13-30)11-6-16-37-28(32)29-23-10-7-19-17-24(34-3)26(35-4)27(36-5)25(19)21-9-8-20(33-2)18-22(21)23/h8-9,17-18,23H,6-7,10-16H2,1-5H3,(H,29,32)/t23-/m0/s1. The van der Waals surface area contributed by atoms with Crippen molar-refractivity contribution in [3.8, 4) is 34.1 Å². The van der Waals surface area contributed by atoms with Crippen molar-refractivity contribution in [3.63, 3.8) is 0 Å². The van der Waals surface area contributed by atoms with Crippen molar-refractivity contribution < 1.29 is 28.5 Å². The van der Waals surface area contributed by atoms with Gasteiger partial charge < -0.3 is 38.8 Å². The third kappa shape index (κ3) is 6.05. The molecule has 9 nitrogen and oxygen atoms in total. The number of rotatable bonds is 9. The fraction of sp³-hybridized carbons (Fsp3) is 0.536. The molecule has 202 valence electrons. The summed E-state index contributed by atoms with van der Waals surface area (Å²) >= 11 is 0. The van der Waals surface area contributed by atoms with Crippen LogP contribution in [-0.2, 0) is 11.2 Å². The zero-order valence-corrected chi connectivity index (χ0v) is 22.6. The molecule has 1 aliphatic heterocycles. The average Bonchev–Trinajstić information content (AvgIpc) is 3.07. The number of carbonyl (C=O) groups is 1. The second-order valence-corrected chi connectivity index (χ2v) is 9.50. The molecule has 0 saturated carbocycles. The highest BCUT2D eigenvalue weighted by molar-refractivity contribution is 5.83. The zero-order chi connectivity index (χ0) is 26.4. The number of fused-ring (bicyclic) bond motifs is 3. The molecular weight excluding hydrogens is 474 g/mol. The molecule has 0 spiro atoms. The molecular formula is C28H39N3O6. The van der Waals surface area contributed by atoms with Crippen LogP contribution in [0.15, 0.2) is 24.3 Å². The maximum absolute atomic E-state index is 12.8. The second kappa shape index (κ2) is 12.4. The first-order valence-electron chi connectivity index (χ1n) is 12.8. The molecule has 1 heterocycles. The normalized spacial score (nSPS) is 17.7. The number of likely N-dealkylation sites (N-methyl/N-ethyl adjacent to an activating group) is 1. The second-order valence-electron chi connectivity index (χ2n) is 9.50. The molecule has 1 fully saturated rings. The number of nitrogens with one attached hydrogen (secondary N) is 1. The summed E-state index contributed by atoms with van der Waals surface area (Å²) in [6.45, 7) is 5.60. The van der Waals surface area contributed by atoms with Gasteiger partial charge in [-0.2, -0.15) is 0 Å². The van der Waals surface area contributed by atoms with E-state index in [2.05, 4.69) is 22.2 Å². The van der Waals surface area contributed by atoms with Crippen LogP contribution in [0.3, 0.4) is 0 Å². The predicted octanol–water partition coefficient (Wildman–Crippen LogP) is 3.74. The molecule has 2 aliphatic rings. The number of hydrogen-bond donors (Lipinski definition) is 1. The molecule has 1 aliphatic carbocycles. The van der Waals surface area contributed by atoms with Gasteiger partial charge in [-0.3, -0.25) is 0 Å². The van der Waals surface area contributed by atoms with Gasteiger partial charge in [-0.05, 0) is 61.2 Å². The third-order valence-electron chi connectivity index (χ3n) is 7.26. The average molecular weight is 514 g/mol. The number of hydrogen-bond acceptors (Lipinski definition) is 8. The maximum atomic E-state index is 12.8. The van der Waals surface area contributed by atoms with Gasteiger partial charge in [-0.15, -0.1) is 0 Å². The van der Waals surface area contributed by atoms with E-state index in [0.29, 0.717) is 42.4 Å². The van der Waals surface area contributed by atoms with E-state index >= 15 is 0 Å². The number of benzene rings is 2. The van der Waals surface area contributed by atoms with Crippen LogP contribution in [0.25, 0.3) is 11.1 Å². The summed E-state index contributed by atoms with van der Waals surface area (Å²) in [4.78, 5) is 17.6. The van der Waals surface area contributed by atoms with Gasteiger partial charge in [0.1, 0.15) is 5.75 Å². The summed E-state index contributed by atoms with van der Waals surface area (Å²) in [6, 6.07) is 7.62. The lowest BCUT2D eigenvalue weighted by molar-refractivity contribution is 0.120. The maximum Gasteiger partial charge on any atom is 0.407 e. The highest BCUT2D eigenvalue weighted by atomic mass is 16.5. The Morgan fingerprint density at radius 1 is 0.973 bits per heavy atom. The van der Waals surface area contributed by atoms with Crippen molar-refractivity contribution in [3.05, 3.63) is 35.4 Å². The van der Waals surface area contributed by atoms with Gasteiger partial charge in [0.05, 0.1) is 41.1 Å². The van der Waals surface area contributed by atoms with E-state index in [0.717, 1.165) is 61.4 Å². The number of amides is 1. The Morgan fingerprint density at radius 2 is 1.73 bits per heavy atom. The summed E-state index contributed by atoms with van der Waals surface area (Å²) in [5.74, 6) is 2.47. The van der Waals surface area contributed by atoms with E-state index in [9.17, 15) is 4.79 Å². The molecule has 2 aromatic carbocycles. The van der Waals surface area contributed by atoms with Crippen molar-refractivity contribution in [2.75, 3.05) is 74.8 Å². The Bertz CT molecular complexity index is 1080. The largest absolute Gasteiger partial charge is 0.497 e. The number of carbonyl (C=O) groups excluding carboxylic acids is 1. The fourth-order valence-corrected chi connectivity index (χ4v) is 5.20. The fourth-order valence-electron chi connectivity index (χ4n) is 5.20. The van der Waals surface area contributed by atoms with Gasteiger partial charge in [0.25, 0.3) is 0 Å². The van der Waals surface area contributed by atoms with Crippen LogP contribution >= 0.6 is 0 Å². The quantitative estimate of drug-likeness (QED) is 0.508. The lowest BCUT2D eigenvalue weighted by Crippen LogP contribution is -2.44. The number of ether oxygens (including phenoxy) is 5. The molecule has 0 unspecified atom stereocenters. The number of alkyl carbamates (subject to hydrolysis) is 1. The van der Waals surface area contributed by atoms with Gasteiger partial charge >= 0.3 is 6.09 Å². The Morgan fingerprint density at radius 3 is 2.41 bits per heavy atom. The smallest absolute Gasteiger partial charge is 0.407 e. The summed E-state index contributed by atoms with van der Waals surface area (Å²) < 4.78 is 28.2. The Balaban J connectivity index is 1.52. The number of piperazine rings is 1. The van der Waals surface area contributed by atoms with E-state index in [1.165, 1.54) is 0 Å². The zero-order valence-electron chi connectivity index (χ0n) is 22.6. The SMILES string of the molecule is COc1ccc2c(c1)[C@@H](NC(=O)OCCCN1CCN(C)CC1)CCc1cc(OC)c(OC)c(OC)c1-2. The van der Waals surface area contributed by atoms with Crippen molar-refractivity contribution in [1.29, 1.82) is 0 Å². The Kier molecular flexibility index (Phi) is 9.00. The van der Waals surface area contributed by atoms with Crippen LogP contribution in [0.5, 0.6) is 23.0 Å². The van der Waals surface area contributed by atoms with E-state index in [1.54, 1.807) is 28.4 Å². The van der Waals surface area contributed by atoms with Gasteiger partial charge in [0, 0.05) is 38.3 Å². The summed E-state index contributed by atoms with van der Waals surface area (Å²) in [6.07, 6.45) is 1.79. The van der Waals surface area contributed by atoms with Crippen LogP contribution in [0.1, 0.15) is 30.0 Å². The number of nitrogens with zero attached hydrogens (tertiary/aromatic N) is 2. The van der Waals surface area contributed by atoms with Crippen molar-refractivity contribution in [2.45, 2.75) is 25.3 Å². The first-order valence-corrected chi connectivity index (χ1v) is 12.8. The minimum atomic E-state index is -0.412. The van der Waals surface area contributed by atoms with Gasteiger partial charge in [-0.1, -0.05) is 6.07 Å². The minimum absolute atomic E-state index is 0.260. The first-order chi connectivity index (χ1) is 18.0. The molecule has 37 heavy (non-hydrogen) atoms. The summed E-state index contributed by atoms with van der Waals surface area (Å²) in [5, 5.41) is 3.10. The molecule has 1 atom stereocenters. The third-order valence-corrected chi connectivity index (χ3v) is 7.26.